The number of anilines is 1. The largest absolute Gasteiger partial charge is 0.308 e. The zero-order valence-corrected chi connectivity index (χ0v) is 19.2. The van der Waals surface area contributed by atoms with Gasteiger partial charge in [-0.05, 0) is 51.4 Å². The van der Waals surface area contributed by atoms with Gasteiger partial charge in [-0.3, -0.25) is 9.69 Å². The first kappa shape index (κ1) is 23.6. The zero-order valence-electron chi connectivity index (χ0n) is 16.7. The van der Waals surface area contributed by atoms with E-state index in [1.807, 2.05) is 19.0 Å². The van der Waals surface area contributed by atoms with E-state index < -0.39 is 0 Å². The highest BCUT2D eigenvalue weighted by molar-refractivity contribution is 7.99. The lowest BCUT2D eigenvalue weighted by Crippen LogP contribution is -2.36. The second-order valence-corrected chi connectivity index (χ2v) is 9.05. The number of aromatic nitrogens is 1. The number of halogens is 2. The molecule has 0 bridgehead atoms. The Balaban J connectivity index is 0.00000300. The summed E-state index contributed by atoms with van der Waals surface area (Å²) >= 11 is 3.04. The third-order valence-electron chi connectivity index (χ3n) is 4.25. The van der Waals surface area contributed by atoms with Crippen LogP contribution in [0.2, 0.25) is 0 Å². The summed E-state index contributed by atoms with van der Waals surface area (Å²) in [5, 5.41) is 0.632. The van der Waals surface area contributed by atoms with E-state index in [1.54, 1.807) is 22.7 Å². The van der Waals surface area contributed by atoms with Crippen molar-refractivity contribution in [2.24, 2.45) is 0 Å². The van der Waals surface area contributed by atoms with E-state index in [0.717, 1.165) is 21.7 Å². The number of rotatable bonds is 8. The van der Waals surface area contributed by atoms with Crippen LogP contribution in [0.25, 0.3) is 10.2 Å². The SMILES string of the molecule is Cc1ccc(SCCC(=O)N(CCN(C)C)c2nc3ccc(F)cc3s2)cc1.Cl. The number of carbonyl (C=O) groups is 1. The Morgan fingerprint density at radius 1 is 1.14 bits per heavy atom. The quantitative estimate of drug-likeness (QED) is 0.437. The van der Waals surface area contributed by atoms with Gasteiger partial charge < -0.3 is 4.90 Å². The van der Waals surface area contributed by atoms with Crippen LogP contribution < -0.4 is 4.90 Å². The lowest BCUT2D eigenvalue weighted by atomic mass is 10.2. The maximum Gasteiger partial charge on any atom is 0.229 e. The molecular weight excluding hydrogens is 429 g/mol. The molecule has 3 rings (SSSR count). The minimum absolute atomic E-state index is 0. The summed E-state index contributed by atoms with van der Waals surface area (Å²) in [6.45, 7) is 3.36. The van der Waals surface area contributed by atoms with E-state index in [0.29, 0.717) is 23.8 Å². The van der Waals surface area contributed by atoms with Crippen LogP contribution in [0.15, 0.2) is 47.4 Å². The number of thiazole rings is 1. The summed E-state index contributed by atoms with van der Waals surface area (Å²) in [6.07, 6.45) is 0.427. The topological polar surface area (TPSA) is 36.4 Å². The average Bonchev–Trinajstić information content (AvgIpc) is 3.06. The Morgan fingerprint density at radius 3 is 2.55 bits per heavy atom. The predicted octanol–water partition coefficient (Wildman–Crippen LogP) is 5.24. The molecule has 0 aliphatic heterocycles. The maximum absolute atomic E-state index is 13.5. The lowest BCUT2D eigenvalue weighted by Gasteiger charge is -2.22. The highest BCUT2D eigenvalue weighted by Gasteiger charge is 2.20. The van der Waals surface area contributed by atoms with E-state index in [9.17, 15) is 9.18 Å². The molecule has 0 aliphatic carbocycles. The third kappa shape index (κ3) is 6.67. The molecule has 1 aromatic heterocycles. The van der Waals surface area contributed by atoms with Crippen molar-refractivity contribution in [2.45, 2.75) is 18.2 Å². The van der Waals surface area contributed by atoms with Gasteiger partial charge in [0.05, 0.1) is 10.2 Å². The summed E-state index contributed by atoms with van der Waals surface area (Å²) in [6, 6.07) is 12.8. The first-order chi connectivity index (χ1) is 13.4. The number of carbonyl (C=O) groups excluding carboxylic acids is 1. The summed E-state index contributed by atoms with van der Waals surface area (Å²) in [7, 11) is 3.95. The van der Waals surface area contributed by atoms with E-state index in [2.05, 4.69) is 36.2 Å². The molecule has 4 nitrogen and oxygen atoms in total. The number of amides is 1. The van der Waals surface area contributed by atoms with Crippen molar-refractivity contribution in [3.05, 3.63) is 53.8 Å². The van der Waals surface area contributed by atoms with Crippen molar-refractivity contribution in [2.75, 3.05) is 37.8 Å². The number of nitrogens with zero attached hydrogens (tertiary/aromatic N) is 3. The summed E-state index contributed by atoms with van der Waals surface area (Å²) in [4.78, 5) is 22.4. The van der Waals surface area contributed by atoms with Crippen LogP contribution in [0, 0.1) is 12.7 Å². The van der Waals surface area contributed by atoms with E-state index in [-0.39, 0.29) is 24.1 Å². The Bertz CT molecular complexity index is 947. The molecule has 8 heteroatoms. The van der Waals surface area contributed by atoms with Crippen molar-refractivity contribution >= 4 is 56.8 Å². The predicted molar refractivity (Wildman–Crippen MR) is 124 cm³/mol. The monoisotopic (exact) mass is 453 g/mol. The van der Waals surface area contributed by atoms with Crippen molar-refractivity contribution in [1.82, 2.24) is 9.88 Å². The molecule has 0 saturated heterocycles. The van der Waals surface area contributed by atoms with Crippen LogP contribution in [0.4, 0.5) is 9.52 Å². The Hall–Kier alpha value is -1.67. The highest BCUT2D eigenvalue weighted by Crippen LogP contribution is 2.30. The van der Waals surface area contributed by atoms with Gasteiger partial charge in [0.15, 0.2) is 5.13 Å². The van der Waals surface area contributed by atoms with Gasteiger partial charge in [-0.2, -0.15) is 0 Å². The van der Waals surface area contributed by atoms with Crippen LogP contribution in [0.3, 0.4) is 0 Å². The highest BCUT2D eigenvalue weighted by atomic mass is 35.5. The van der Waals surface area contributed by atoms with Crippen LogP contribution in [-0.4, -0.2) is 48.7 Å². The summed E-state index contributed by atoms with van der Waals surface area (Å²) < 4.78 is 14.3. The molecule has 3 aromatic rings. The third-order valence-corrected chi connectivity index (χ3v) is 6.30. The van der Waals surface area contributed by atoms with Gasteiger partial charge in [0.1, 0.15) is 5.82 Å². The summed E-state index contributed by atoms with van der Waals surface area (Å²) in [5.41, 5.74) is 1.95. The number of hydrogen-bond donors (Lipinski definition) is 0. The number of aryl methyl sites for hydroxylation is 1. The molecule has 1 heterocycles. The van der Waals surface area contributed by atoms with E-state index >= 15 is 0 Å². The fourth-order valence-electron chi connectivity index (χ4n) is 2.65. The smallest absolute Gasteiger partial charge is 0.229 e. The van der Waals surface area contributed by atoms with Gasteiger partial charge in [0.25, 0.3) is 0 Å². The molecular formula is C21H25ClFN3OS2. The van der Waals surface area contributed by atoms with Crippen molar-refractivity contribution in [1.29, 1.82) is 0 Å². The molecule has 0 aliphatic rings. The number of likely N-dealkylation sites (N-methyl/N-ethyl adjacent to an activating group) is 1. The Labute approximate surface area is 185 Å². The standard InChI is InChI=1S/C21H24FN3OS2.ClH/c1-15-4-7-17(8-5-15)27-13-10-20(26)25(12-11-24(2)3)21-23-18-9-6-16(22)14-19(18)28-21;/h4-9,14H,10-13H2,1-3H3;1H. The molecule has 0 saturated carbocycles. The second-order valence-electron chi connectivity index (χ2n) is 6.87. The fraction of sp³-hybridized carbons (Fsp3) is 0.333. The van der Waals surface area contributed by atoms with Gasteiger partial charge in [-0.15, -0.1) is 24.2 Å². The first-order valence-electron chi connectivity index (χ1n) is 9.13. The number of hydrogen-bond acceptors (Lipinski definition) is 5. The van der Waals surface area contributed by atoms with Gasteiger partial charge in [-0.1, -0.05) is 29.0 Å². The van der Waals surface area contributed by atoms with Gasteiger partial charge >= 0.3 is 0 Å². The molecule has 29 heavy (non-hydrogen) atoms. The molecule has 0 N–H and O–H groups in total. The fourth-order valence-corrected chi connectivity index (χ4v) is 4.53. The lowest BCUT2D eigenvalue weighted by molar-refractivity contribution is -0.118. The zero-order chi connectivity index (χ0) is 20.1. The van der Waals surface area contributed by atoms with E-state index in [1.165, 1.54) is 29.0 Å². The number of fused-ring (bicyclic) bond motifs is 1. The average molecular weight is 454 g/mol. The van der Waals surface area contributed by atoms with Gasteiger partial charge in [0.2, 0.25) is 5.91 Å². The second kappa shape index (κ2) is 10.9. The normalized spacial score (nSPS) is 10.9. The van der Waals surface area contributed by atoms with Crippen LogP contribution in [0.5, 0.6) is 0 Å². The van der Waals surface area contributed by atoms with Crippen LogP contribution >= 0.6 is 35.5 Å². The maximum atomic E-state index is 13.5. The molecule has 0 atom stereocenters. The summed E-state index contributed by atoms with van der Waals surface area (Å²) in [5.74, 6) is 0.462. The minimum Gasteiger partial charge on any atom is -0.308 e. The Morgan fingerprint density at radius 2 is 1.86 bits per heavy atom. The number of thioether (sulfide) groups is 1. The minimum atomic E-state index is -0.289. The van der Waals surface area contributed by atoms with Crippen LogP contribution in [-0.2, 0) is 4.79 Å². The first-order valence-corrected chi connectivity index (χ1v) is 10.9. The van der Waals surface area contributed by atoms with Gasteiger partial charge in [-0.25, -0.2) is 9.37 Å². The van der Waals surface area contributed by atoms with E-state index in [4.69, 9.17) is 0 Å². The molecule has 0 spiro atoms. The van der Waals surface area contributed by atoms with Crippen LogP contribution in [0.1, 0.15) is 12.0 Å². The Kier molecular flexibility index (Phi) is 8.89. The molecule has 156 valence electrons. The van der Waals surface area contributed by atoms with Crippen molar-refractivity contribution < 1.29 is 9.18 Å². The molecule has 0 radical (unpaired) electrons. The number of benzene rings is 2. The van der Waals surface area contributed by atoms with Crippen molar-refractivity contribution in [3.63, 3.8) is 0 Å². The van der Waals surface area contributed by atoms with Gasteiger partial charge in [0, 0.05) is 30.2 Å². The molecule has 0 unspecified atom stereocenters. The van der Waals surface area contributed by atoms with Crippen molar-refractivity contribution in [3.8, 4) is 0 Å². The molecule has 1 amide bonds. The molecule has 2 aromatic carbocycles. The molecule has 0 fully saturated rings.